The number of sulfonamides is 1. The molecular weight excluding hydrogens is 544 g/mol. The summed E-state index contributed by atoms with van der Waals surface area (Å²) in [7, 11) is -2.28. The number of rotatable bonds is 8. The van der Waals surface area contributed by atoms with Crippen molar-refractivity contribution in [2.24, 2.45) is 5.92 Å². The first kappa shape index (κ1) is 30.0. The number of carbonyl (C=O) groups excluding carboxylic acids is 2. The van der Waals surface area contributed by atoms with Crippen LogP contribution in [0.4, 0.5) is 16.2 Å². The molecule has 1 heterocycles. The Bertz CT molecular complexity index is 1450. The van der Waals surface area contributed by atoms with Crippen LogP contribution < -0.4 is 15.4 Å². The van der Waals surface area contributed by atoms with Crippen molar-refractivity contribution in [1.82, 2.24) is 9.21 Å². The molecule has 0 bridgehead atoms. The lowest BCUT2D eigenvalue weighted by molar-refractivity contribution is -0.134. The molecule has 0 aliphatic carbocycles. The molecule has 11 heteroatoms. The van der Waals surface area contributed by atoms with Gasteiger partial charge in [0.1, 0.15) is 11.9 Å². The van der Waals surface area contributed by atoms with Gasteiger partial charge in [-0.2, -0.15) is 4.31 Å². The van der Waals surface area contributed by atoms with Crippen molar-refractivity contribution in [3.8, 4) is 5.75 Å². The number of ether oxygens (including phenoxy) is 1. The highest BCUT2D eigenvalue weighted by Gasteiger charge is 2.33. The molecule has 0 unspecified atom stereocenters. The van der Waals surface area contributed by atoms with E-state index in [1.165, 1.54) is 11.4 Å². The summed E-state index contributed by atoms with van der Waals surface area (Å²) < 4.78 is 34.2. The average molecular weight is 581 g/mol. The molecular formula is C30H36N4O6S. The molecule has 0 fully saturated rings. The van der Waals surface area contributed by atoms with E-state index in [2.05, 4.69) is 10.6 Å². The van der Waals surface area contributed by atoms with Crippen LogP contribution in [0.1, 0.15) is 19.4 Å². The second-order valence-electron chi connectivity index (χ2n) is 10.3. The molecule has 0 saturated carbocycles. The smallest absolute Gasteiger partial charge is 0.323 e. The summed E-state index contributed by atoms with van der Waals surface area (Å²) in [4.78, 5) is 27.8. The number of hydrogen-bond donors (Lipinski definition) is 3. The highest BCUT2D eigenvalue weighted by Crippen LogP contribution is 2.30. The van der Waals surface area contributed by atoms with Gasteiger partial charge in [0.25, 0.3) is 0 Å². The maximum atomic E-state index is 13.4. The van der Waals surface area contributed by atoms with E-state index in [0.717, 1.165) is 0 Å². The van der Waals surface area contributed by atoms with Gasteiger partial charge in [-0.1, -0.05) is 43.3 Å². The third kappa shape index (κ3) is 7.43. The number of nitrogens with one attached hydrogen (secondary N) is 2. The first-order chi connectivity index (χ1) is 19.6. The molecule has 3 N–H and O–H groups in total. The molecule has 4 rings (SSSR count). The van der Waals surface area contributed by atoms with Crippen LogP contribution in [-0.4, -0.2) is 73.6 Å². The lowest BCUT2D eigenvalue weighted by atomic mass is 10.0. The van der Waals surface area contributed by atoms with E-state index in [1.54, 1.807) is 72.5 Å². The molecule has 1 aliphatic heterocycles. The molecule has 218 valence electrons. The van der Waals surface area contributed by atoms with Crippen molar-refractivity contribution in [1.29, 1.82) is 0 Å². The Morgan fingerprint density at radius 1 is 1.05 bits per heavy atom. The fraction of sp³-hybridized carbons (Fsp3) is 0.333. The van der Waals surface area contributed by atoms with Crippen molar-refractivity contribution >= 4 is 33.3 Å². The van der Waals surface area contributed by atoms with Crippen LogP contribution in [-0.2, 0) is 21.2 Å². The van der Waals surface area contributed by atoms with Crippen LogP contribution in [0.15, 0.2) is 83.8 Å². The predicted molar refractivity (Wildman–Crippen MR) is 157 cm³/mol. The van der Waals surface area contributed by atoms with Crippen LogP contribution in [0.5, 0.6) is 5.75 Å². The Hall–Kier alpha value is -3.93. The molecule has 3 amide bonds. The fourth-order valence-electron chi connectivity index (χ4n) is 4.66. The average Bonchev–Trinajstić information content (AvgIpc) is 3.01. The minimum absolute atomic E-state index is 0.0207. The van der Waals surface area contributed by atoms with Crippen LogP contribution in [0.25, 0.3) is 0 Å². The second-order valence-corrected chi connectivity index (χ2v) is 12.3. The minimum atomic E-state index is -3.78. The zero-order valence-corrected chi connectivity index (χ0v) is 24.2. The van der Waals surface area contributed by atoms with Gasteiger partial charge in [-0.05, 0) is 49.4 Å². The zero-order chi connectivity index (χ0) is 29.6. The number of fused-ring (bicyclic) bond motifs is 1. The number of para-hydroxylation sites is 1. The molecule has 10 nitrogen and oxygen atoms in total. The zero-order valence-electron chi connectivity index (χ0n) is 23.4. The van der Waals surface area contributed by atoms with E-state index in [0.29, 0.717) is 22.7 Å². The number of carbonyl (C=O) groups is 2. The van der Waals surface area contributed by atoms with Crippen molar-refractivity contribution in [3.05, 3.63) is 84.4 Å². The summed E-state index contributed by atoms with van der Waals surface area (Å²) in [5.74, 6) is -0.0601. The first-order valence-corrected chi connectivity index (χ1v) is 14.9. The van der Waals surface area contributed by atoms with Crippen molar-refractivity contribution in [3.63, 3.8) is 0 Å². The summed E-state index contributed by atoms with van der Waals surface area (Å²) in [5.41, 5.74) is 1.63. The number of aliphatic hydroxyl groups is 1. The number of likely N-dealkylation sites (N-methyl/N-ethyl adjacent to an activating group) is 1. The maximum Gasteiger partial charge on any atom is 0.323 e. The first-order valence-electron chi connectivity index (χ1n) is 13.4. The molecule has 1 aliphatic rings. The molecule has 0 radical (unpaired) electrons. The number of hydrogen-bond acceptors (Lipinski definition) is 6. The molecule has 41 heavy (non-hydrogen) atoms. The highest BCUT2D eigenvalue weighted by molar-refractivity contribution is 7.89. The maximum absolute atomic E-state index is 13.4. The summed E-state index contributed by atoms with van der Waals surface area (Å²) in [6.07, 6.45) is -0.635. The number of anilines is 2. The summed E-state index contributed by atoms with van der Waals surface area (Å²) in [6, 6.07) is 21.3. The third-order valence-electron chi connectivity index (χ3n) is 7.09. The van der Waals surface area contributed by atoms with Gasteiger partial charge in [0.2, 0.25) is 15.9 Å². The Labute approximate surface area is 241 Å². The van der Waals surface area contributed by atoms with Gasteiger partial charge < -0.3 is 25.4 Å². The van der Waals surface area contributed by atoms with Crippen LogP contribution >= 0.6 is 0 Å². The largest absolute Gasteiger partial charge is 0.488 e. The van der Waals surface area contributed by atoms with Crippen molar-refractivity contribution < 1.29 is 27.9 Å². The van der Waals surface area contributed by atoms with Gasteiger partial charge >= 0.3 is 6.03 Å². The highest BCUT2D eigenvalue weighted by atomic mass is 32.2. The van der Waals surface area contributed by atoms with Gasteiger partial charge in [0.15, 0.2) is 0 Å². The van der Waals surface area contributed by atoms with Crippen LogP contribution in [0.2, 0.25) is 0 Å². The van der Waals surface area contributed by atoms with Crippen LogP contribution in [0.3, 0.4) is 0 Å². The molecule has 3 atom stereocenters. The Balaban J connectivity index is 1.62. The van der Waals surface area contributed by atoms with Gasteiger partial charge in [0, 0.05) is 36.4 Å². The normalized spacial score (nSPS) is 18.4. The molecule has 3 aromatic carbocycles. The number of amides is 3. The third-order valence-corrected chi connectivity index (χ3v) is 8.93. The summed E-state index contributed by atoms with van der Waals surface area (Å²) >= 11 is 0. The van der Waals surface area contributed by atoms with Gasteiger partial charge in [-0.25, -0.2) is 13.2 Å². The Kier molecular flexibility index (Phi) is 9.64. The monoisotopic (exact) mass is 580 g/mol. The summed E-state index contributed by atoms with van der Waals surface area (Å²) in [5, 5.41) is 15.4. The number of benzene rings is 3. The predicted octanol–water partition coefficient (Wildman–Crippen LogP) is 3.80. The van der Waals surface area contributed by atoms with Crippen molar-refractivity contribution in [2.75, 3.05) is 37.4 Å². The Morgan fingerprint density at radius 2 is 1.68 bits per heavy atom. The minimum Gasteiger partial charge on any atom is -0.488 e. The van der Waals surface area contributed by atoms with E-state index in [1.807, 2.05) is 25.1 Å². The Morgan fingerprint density at radius 3 is 2.34 bits per heavy atom. The molecule has 3 aromatic rings. The van der Waals surface area contributed by atoms with E-state index >= 15 is 0 Å². The quantitative estimate of drug-likeness (QED) is 0.372. The lowest BCUT2D eigenvalue weighted by Gasteiger charge is -2.33. The standard InChI is InChI=1S/C30H36N4O6S/c1-21-18-34(22(2)20-35)29(36)17-23-16-25(32-30(37)31-24-10-6-4-7-11-24)14-15-27(23)40-28(21)19-33(3)41(38,39)26-12-8-5-9-13-26/h4-16,21-22,28,35H,17-20H2,1-3H3,(H2,31,32,37)/t21-,22+,28-/m1/s1. The SMILES string of the molecule is C[C@@H]1CN([C@@H](C)CO)C(=O)Cc2cc(NC(=O)Nc3ccccc3)ccc2O[C@@H]1CN(C)S(=O)(=O)c1ccccc1. The van der Waals surface area contributed by atoms with E-state index < -0.39 is 28.2 Å². The lowest BCUT2D eigenvalue weighted by Crippen LogP contribution is -2.48. The number of aliphatic hydroxyl groups excluding tert-OH is 1. The summed E-state index contributed by atoms with van der Waals surface area (Å²) in [6.45, 7) is 3.74. The van der Waals surface area contributed by atoms with Gasteiger partial charge in [0.05, 0.1) is 30.5 Å². The van der Waals surface area contributed by atoms with E-state index in [-0.39, 0.29) is 42.8 Å². The number of nitrogens with zero attached hydrogens (tertiary/aromatic N) is 2. The van der Waals surface area contributed by atoms with E-state index in [9.17, 15) is 23.1 Å². The molecule has 0 aromatic heterocycles. The fourth-order valence-corrected chi connectivity index (χ4v) is 5.87. The molecule has 0 spiro atoms. The van der Waals surface area contributed by atoms with Gasteiger partial charge in [-0.15, -0.1) is 0 Å². The second kappa shape index (κ2) is 13.2. The van der Waals surface area contributed by atoms with Crippen LogP contribution in [0, 0.1) is 5.92 Å². The van der Waals surface area contributed by atoms with Crippen molar-refractivity contribution in [2.45, 2.75) is 37.3 Å². The number of urea groups is 1. The van der Waals surface area contributed by atoms with E-state index in [4.69, 9.17) is 4.74 Å². The van der Waals surface area contributed by atoms with Gasteiger partial charge in [-0.3, -0.25) is 4.79 Å². The molecule has 0 saturated heterocycles. The topological polar surface area (TPSA) is 128 Å².